The van der Waals surface area contributed by atoms with Gasteiger partial charge in [-0.05, 0) is 55.3 Å². The summed E-state index contributed by atoms with van der Waals surface area (Å²) in [5.74, 6) is 1.07. The number of aryl methyl sites for hydroxylation is 1. The molecule has 1 aromatic heterocycles. The number of anilines is 1. The fourth-order valence-corrected chi connectivity index (χ4v) is 5.46. The maximum Gasteiger partial charge on any atom is 0.263 e. The molecule has 37 heavy (non-hydrogen) atoms. The second-order valence-corrected chi connectivity index (χ2v) is 10.1. The molecule has 5 rings (SSSR count). The molecule has 1 aliphatic heterocycles. The Kier molecular flexibility index (Phi) is 9.40. The molecule has 0 N–H and O–H groups in total. The van der Waals surface area contributed by atoms with Gasteiger partial charge in [0.25, 0.3) is 5.91 Å². The minimum absolute atomic E-state index is 0. The van der Waals surface area contributed by atoms with Crippen molar-refractivity contribution in [2.24, 2.45) is 0 Å². The predicted octanol–water partition coefficient (Wildman–Crippen LogP) is 6.84. The molecule has 1 amide bonds. The first-order chi connectivity index (χ1) is 17.6. The molecular formula is C28H29Cl2N3O3S. The number of carbonyl (C=O) groups excluding carboxylic acids is 1. The monoisotopic (exact) mass is 557 g/mol. The summed E-state index contributed by atoms with van der Waals surface area (Å²) in [6, 6.07) is 20.7. The van der Waals surface area contributed by atoms with Gasteiger partial charge in [0, 0.05) is 31.2 Å². The third-order valence-corrected chi connectivity index (χ3v) is 7.71. The molecule has 4 aromatic rings. The molecule has 0 saturated carbocycles. The van der Waals surface area contributed by atoms with Gasteiger partial charge >= 0.3 is 0 Å². The van der Waals surface area contributed by atoms with Crippen LogP contribution in [-0.4, -0.2) is 55.2 Å². The van der Waals surface area contributed by atoms with Crippen LogP contribution < -0.4 is 9.64 Å². The summed E-state index contributed by atoms with van der Waals surface area (Å²) in [6.45, 7) is 6.74. The summed E-state index contributed by atoms with van der Waals surface area (Å²) in [5, 5.41) is 1.34. The second kappa shape index (κ2) is 12.7. The van der Waals surface area contributed by atoms with Gasteiger partial charge in [-0.15, -0.1) is 12.4 Å². The minimum atomic E-state index is -0.133. The summed E-state index contributed by atoms with van der Waals surface area (Å²) in [6.07, 6.45) is 0.823. The third kappa shape index (κ3) is 6.43. The fraction of sp³-hybridized carbons (Fsp3) is 0.286. The van der Waals surface area contributed by atoms with E-state index in [0.717, 1.165) is 55.0 Å². The molecular weight excluding hydrogens is 529 g/mol. The van der Waals surface area contributed by atoms with E-state index in [2.05, 4.69) is 4.90 Å². The van der Waals surface area contributed by atoms with Gasteiger partial charge in [-0.2, -0.15) is 0 Å². The van der Waals surface area contributed by atoms with Crippen LogP contribution in [-0.2, 0) is 4.74 Å². The Morgan fingerprint density at radius 1 is 1.08 bits per heavy atom. The van der Waals surface area contributed by atoms with Crippen molar-refractivity contribution in [2.45, 2.75) is 13.3 Å². The van der Waals surface area contributed by atoms with Crippen LogP contribution in [0.2, 0.25) is 5.02 Å². The van der Waals surface area contributed by atoms with Crippen LogP contribution in [0.5, 0.6) is 11.5 Å². The number of hydrogen-bond acceptors (Lipinski definition) is 6. The number of ether oxygens (including phenoxy) is 2. The van der Waals surface area contributed by atoms with Crippen LogP contribution >= 0.6 is 35.3 Å². The molecule has 1 aliphatic rings. The van der Waals surface area contributed by atoms with Crippen LogP contribution in [0.4, 0.5) is 5.13 Å². The molecule has 2 heterocycles. The highest BCUT2D eigenvalue weighted by atomic mass is 35.5. The van der Waals surface area contributed by atoms with E-state index < -0.39 is 0 Å². The molecule has 0 unspecified atom stereocenters. The summed E-state index contributed by atoms with van der Waals surface area (Å²) in [5.41, 5.74) is 2.26. The Morgan fingerprint density at radius 3 is 2.59 bits per heavy atom. The zero-order valence-corrected chi connectivity index (χ0v) is 23.0. The normalized spacial score (nSPS) is 13.8. The highest BCUT2D eigenvalue weighted by molar-refractivity contribution is 7.22. The van der Waals surface area contributed by atoms with E-state index in [1.807, 2.05) is 73.7 Å². The molecule has 3 aromatic carbocycles. The van der Waals surface area contributed by atoms with Gasteiger partial charge in [0.15, 0.2) is 5.13 Å². The lowest BCUT2D eigenvalue weighted by Gasteiger charge is -2.28. The molecule has 0 spiro atoms. The molecule has 1 fully saturated rings. The first-order valence-electron chi connectivity index (χ1n) is 12.1. The lowest BCUT2D eigenvalue weighted by atomic mass is 10.1. The van der Waals surface area contributed by atoms with Crippen molar-refractivity contribution in [1.29, 1.82) is 0 Å². The van der Waals surface area contributed by atoms with E-state index in [4.69, 9.17) is 26.1 Å². The summed E-state index contributed by atoms with van der Waals surface area (Å²) < 4.78 is 12.6. The Hall–Kier alpha value is -2.68. The summed E-state index contributed by atoms with van der Waals surface area (Å²) >= 11 is 7.86. The Bertz CT molecular complexity index is 1340. The van der Waals surface area contributed by atoms with Crippen molar-refractivity contribution >= 4 is 56.6 Å². The largest absolute Gasteiger partial charge is 0.457 e. The molecule has 6 nitrogen and oxygen atoms in total. The average Bonchev–Trinajstić information content (AvgIpc) is 3.35. The smallest absolute Gasteiger partial charge is 0.263 e. The number of rotatable bonds is 8. The van der Waals surface area contributed by atoms with E-state index in [0.29, 0.717) is 33.8 Å². The van der Waals surface area contributed by atoms with Crippen molar-refractivity contribution < 1.29 is 14.3 Å². The number of halogens is 2. The Balaban J connectivity index is 0.00000320. The number of amides is 1. The highest BCUT2D eigenvalue weighted by Crippen LogP contribution is 2.35. The van der Waals surface area contributed by atoms with Crippen LogP contribution in [0.3, 0.4) is 0 Å². The quantitative estimate of drug-likeness (QED) is 0.237. The number of carbonyl (C=O) groups is 1. The summed E-state index contributed by atoms with van der Waals surface area (Å²) in [7, 11) is 0. The van der Waals surface area contributed by atoms with Crippen molar-refractivity contribution in [3.8, 4) is 11.5 Å². The van der Waals surface area contributed by atoms with Crippen LogP contribution in [0.1, 0.15) is 22.3 Å². The molecule has 0 atom stereocenters. The Labute approximate surface area is 232 Å². The zero-order chi connectivity index (χ0) is 24.9. The second-order valence-electron chi connectivity index (χ2n) is 8.69. The number of para-hydroxylation sites is 2. The van der Waals surface area contributed by atoms with E-state index in [1.54, 1.807) is 4.90 Å². The fourth-order valence-electron chi connectivity index (χ4n) is 4.26. The molecule has 9 heteroatoms. The predicted molar refractivity (Wildman–Crippen MR) is 153 cm³/mol. The van der Waals surface area contributed by atoms with Crippen LogP contribution in [0.25, 0.3) is 10.2 Å². The molecule has 1 saturated heterocycles. The van der Waals surface area contributed by atoms with Crippen LogP contribution in [0.15, 0.2) is 66.7 Å². The average molecular weight is 559 g/mol. The molecule has 0 radical (unpaired) electrons. The topological polar surface area (TPSA) is 54.9 Å². The lowest BCUT2D eigenvalue weighted by molar-refractivity contribution is 0.0376. The lowest BCUT2D eigenvalue weighted by Crippen LogP contribution is -2.39. The number of aromatic nitrogens is 1. The number of benzene rings is 3. The van der Waals surface area contributed by atoms with Crippen molar-refractivity contribution in [3.05, 3.63) is 82.9 Å². The van der Waals surface area contributed by atoms with Gasteiger partial charge in [0.1, 0.15) is 11.5 Å². The number of nitrogens with zero attached hydrogens (tertiary/aromatic N) is 3. The van der Waals surface area contributed by atoms with Gasteiger partial charge in [-0.1, -0.05) is 53.3 Å². The Morgan fingerprint density at radius 2 is 1.81 bits per heavy atom. The first kappa shape index (κ1) is 27.4. The maximum absolute atomic E-state index is 14.0. The van der Waals surface area contributed by atoms with E-state index >= 15 is 0 Å². The van der Waals surface area contributed by atoms with Crippen LogP contribution in [0, 0.1) is 6.92 Å². The van der Waals surface area contributed by atoms with Gasteiger partial charge in [0.2, 0.25) is 0 Å². The molecule has 0 bridgehead atoms. The van der Waals surface area contributed by atoms with E-state index in [9.17, 15) is 4.79 Å². The molecule has 194 valence electrons. The van der Waals surface area contributed by atoms with E-state index in [-0.39, 0.29) is 18.3 Å². The van der Waals surface area contributed by atoms with Crippen molar-refractivity contribution in [2.75, 3.05) is 44.3 Å². The standard InChI is InChI=1S/C28H28ClN3O3S.ClH/c1-20-23(29)12-13-25-26(20)30-28(36-25)32(15-7-14-31-16-18-34-19-17-31)27(33)22-10-5-6-11-24(22)35-21-8-3-2-4-9-21;/h2-6,8-13H,7,14-19H2,1H3;1H. The first-order valence-corrected chi connectivity index (χ1v) is 13.3. The number of morpholine rings is 1. The van der Waals surface area contributed by atoms with E-state index in [1.165, 1.54) is 11.3 Å². The number of thiazole rings is 1. The maximum atomic E-state index is 14.0. The third-order valence-electron chi connectivity index (χ3n) is 6.26. The zero-order valence-electron chi connectivity index (χ0n) is 20.6. The summed E-state index contributed by atoms with van der Waals surface area (Å²) in [4.78, 5) is 23.0. The van der Waals surface area contributed by atoms with Gasteiger partial charge in [-0.3, -0.25) is 14.6 Å². The number of hydrogen-bond donors (Lipinski definition) is 0. The highest BCUT2D eigenvalue weighted by Gasteiger charge is 2.25. The van der Waals surface area contributed by atoms with Gasteiger partial charge in [0.05, 0.1) is 29.0 Å². The van der Waals surface area contributed by atoms with Crippen molar-refractivity contribution in [1.82, 2.24) is 9.88 Å². The SMILES string of the molecule is Cc1c(Cl)ccc2sc(N(CCCN3CCOCC3)C(=O)c3ccccc3Oc3ccccc3)nc12.Cl. The van der Waals surface area contributed by atoms with Gasteiger partial charge < -0.3 is 9.47 Å². The van der Waals surface area contributed by atoms with Crippen molar-refractivity contribution in [3.63, 3.8) is 0 Å². The number of fused-ring (bicyclic) bond motifs is 1. The minimum Gasteiger partial charge on any atom is -0.457 e. The molecule has 0 aliphatic carbocycles. The van der Waals surface area contributed by atoms with Gasteiger partial charge in [-0.25, -0.2) is 4.98 Å².